The average molecular weight is 912 g/mol. The maximum absolute atomic E-state index is 14.6. The molecule has 0 aromatic heterocycles. The van der Waals surface area contributed by atoms with Crippen LogP contribution in [0.25, 0.3) is 0 Å². The van der Waals surface area contributed by atoms with Crippen molar-refractivity contribution in [3.8, 4) is 0 Å². The second-order valence-corrected chi connectivity index (χ2v) is 16.3. The molecule has 1 aliphatic heterocycles. The number of carbonyl (C=O) groups is 8. The number of carboxylic acid groups (broad SMARTS) is 2. The van der Waals surface area contributed by atoms with Crippen LogP contribution in [0.2, 0.25) is 0 Å². The van der Waals surface area contributed by atoms with E-state index in [0.717, 1.165) is 18.1 Å². The molecule has 20 heteroatoms. The Bertz CT molecular complexity index is 1920. The number of hydrazine groups is 1. The van der Waals surface area contributed by atoms with Gasteiger partial charge in [0.15, 0.2) is 11.2 Å². The summed E-state index contributed by atoms with van der Waals surface area (Å²) in [5, 5.41) is 30.7. The van der Waals surface area contributed by atoms with Crippen molar-refractivity contribution >= 4 is 64.8 Å². The molecule has 0 aliphatic carbocycles. The lowest BCUT2D eigenvalue weighted by Crippen LogP contribution is -2.59. The van der Waals surface area contributed by atoms with E-state index >= 15 is 0 Å². The van der Waals surface area contributed by atoms with Gasteiger partial charge in [0.25, 0.3) is 11.8 Å². The highest BCUT2D eigenvalue weighted by molar-refractivity contribution is 7.80. The first-order valence-electron chi connectivity index (χ1n) is 21.2. The fraction of sp³-hybridized carbons (Fsp3) is 0.523. The lowest BCUT2D eigenvalue weighted by atomic mass is 9.98. The van der Waals surface area contributed by atoms with Gasteiger partial charge in [-0.2, -0.15) is 0 Å². The normalized spacial score (nSPS) is 16.8. The molecule has 5 amide bonds. The van der Waals surface area contributed by atoms with Crippen molar-refractivity contribution in [3.63, 3.8) is 0 Å². The molecule has 19 nitrogen and oxygen atoms in total. The first kappa shape index (κ1) is 52.2. The highest BCUT2D eigenvalue weighted by Gasteiger charge is 2.45. The van der Waals surface area contributed by atoms with Crippen molar-refractivity contribution in [3.05, 3.63) is 71.8 Å². The van der Waals surface area contributed by atoms with Crippen molar-refractivity contribution in [1.82, 2.24) is 36.6 Å². The predicted octanol–water partition coefficient (Wildman–Crippen LogP) is 2.03. The fourth-order valence-electron chi connectivity index (χ4n) is 6.75. The van der Waals surface area contributed by atoms with Gasteiger partial charge in [-0.1, -0.05) is 95.3 Å². The minimum absolute atomic E-state index is 0.00493. The highest BCUT2D eigenvalue weighted by atomic mass is 32.1. The van der Waals surface area contributed by atoms with Crippen LogP contribution in [0.4, 0.5) is 0 Å². The summed E-state index contributed by atoms with van der Waals surface area (Å²) in [5.41, 5.74) is 4.74. The molecule has 64 heavy (non-hydrogen) atoms. The second-order valence-electron chi connectivity index (χ2n) is 15.9. The Morgan fingerprint density at radius 2 is 1.42 bits per heavy atom. The number of thiocarbonyl (C=S) groups is 1. The van der Waals surface area contributed by atoms with Crippen molar-refractivity contribution in [2.24, 2.45) is 11.8 Å². The van der Waals surface area contributed by atoms with Crippen LogP contribution in [-0.2, 0) is 61.0 Å². The van der Waals surface area contributed by atoms with E-state index in [-0.39, 0.29) is 31.1 Å². The van der Waals surface area contributed by atoms with Crippen molar-refractivity contribution in [2.45, 2.75) is 123 Å². The van der Waals surface area contributed by atoms with Crippen LogP contribution in [0.1, 0.15) is 84.8 Å². The monoisotopic (exact) mass is 911 g/mol. The summed E-state index contributed by atoms with van der Waals surface area (Å²) in [6.07, 6.45) is -3.06. The van der Waals surface area contributed by atoms with E-state index in [1.807, 2.05) is 67.6 Å². The van der Waals surface area contributed by atoms with Crippen molar-refractivity contribution < 1.29 is 58.0 Å². The van der Waals surface area contributed by atoms with E-state index in [1.54, 1.807) is 27.7 Å². The molecular formula is C44H61N7O12S. The zero-order chi connectivity index (χ0) is 47.5. The Morgan fingerprint density at radius 1 is 0.828 bits per heavy atom. The summed E-state index contributed by atoms with van der Waals surface area (Å²) in [5.74, 6) is -9.58. The van der Waals surface area contributed by atoms with Crippen LogP contribution in [-0.4, -0.2) is 122 Å². The maximum atomic E-state index is 14.6. The van der Waals surface area contributed by atoms with Gasteiger partial charge in [0.1, 0.15) is 24.2 Å². The Labute approximate surface area is 378 Å². The van der Waals surface area contributed by atoms with Gasteiger partial charge >= 0.3 is 17.9 Å². The number of benzene rings is 2. The summed E-state index contributed by atoms with van der Waals surface area (Å²) in [7, 11) is 0. The number of carbonyl (C=O) groups excluding carboxylic acids is 6. The number of carboxylic acids is 2. The van der Waals surface area contributed by atoms with Crippen LogP contribution >= 0.6 is 12.2 Å². The maximum Gasteiger partial charge on any atom is 0.330 e. The Morgan fingerprint density at radius 3 is 1.97 bits per heavy atom. The van der Waals surface area contributed by atoms with E-state index in [4.69, 9.17) is 21.7 Å². The number of ether oxygens (including phenoxy) is 2. The zero-order valence-corrected chi connectivity index (χ0v) is 37.9. The molecule has 0 bridgehead atoms. The molecular weight excluding hydrogens is 851 g/mol. The van der Waals surface area contributed by atoms with Crippen molar-refractivity contribution in [2.75, 3.05) is 13.1 Å². The molecule has 7 atom stereocenters. The Hall–Kier alpha value is -6.15. The minimum Gasteiger partial charge on any atom is -0.481 e. The molecule has 0 spiro atoms. The van der Waals surface area contributed by atoms with Gasteiger partial charge in [0.2, 0.25) is 17.7 Å². The predicted molar refractivity (Wildman–Crippen MR) is 236 cm³/mol. The summed E-state index contributed by atoms with van der Waals surface area (Å²) in [4.78, 5) is 106. The van der Waals surface area contributed by atoms with Crippen LogP contribution in [0, 0.1) is 11.8 Å². The van der Waals surface area contributed by atoms with Gasteiger partial charge in [-0.3, -0.25) is 44.0 Å². The van der Waals surface area contributed by atoms with Crippen molar-refractivity contribution in [1.29, 1.82) is 0 Å². The van der Waals surface area contributed by atoms with Gasteiger partial charge in [-0.15, -0.1) is 0 Å². The summed E-state index contributed by atoms with van der Waals surface area (Å²) in [6.45, 7) is 10.6. The van der Waals surface area contributed by atoms with E-state index < -0.39 is 108 Å². The molecule has 7 N–H and O–H groups in total. The third kappa shape index (κ3) is 16.5. The molecule has 1 fully saturated rings. The van der Waals surface area contributed by atoms with Gasteiger partial charge < -0.3 is 45.9 Å². The van der Waals surface area contributed by atoms with Gasteiger partial charge in [-0.25, -0.2) is 4.79 Å². The number of amides is 5. The number of likely N-dealkylation sites (tertiary alicyclic amines) is 1. The lowest BCUT2D eigenvalue weighted by molar-refractivity contribution is -0.164. The molecule has 1 saturated heterocycles. The fourth-order valence-corrected chi connectivity index (χ4v) is 6.96. The van der Waals surface area contributed by atoms with E-state index in [1.165, 1.54) is 9.91 Å². The molecule has 1 aliphatic rings. The largest absolute Gasteiger partial charge is 0.481 e. The van der Waals surface area contributed by atoms with E-state index in [9.17, 15) is 48.6 Å². The molecule has 2 aromatic rings. The van der Waals surface area contributed by atoms with Gasteiger partial charge in [0, 0.05) is 38.9 Å². The van der Waals surface area contributed by atoms with Gasteiger partial charge in [-0.05, 0) is 42.1 Å². The number of hydrogen-bond acceptors (Lipinski definition) is 11. The number of rotatable bonds is 23. The second kappa shape index (κ2) is 25.8. The number of hydrogen-bond donors (Lipinski definition) is 7. The quantitative estimate of drug-likeness (QED) is 0.0478. The zero-order valence-electron chi connectivity index (χ0n) is 37.0. The number of aliphatic carboxylic acids is 2. The van der Waals surface area contributed by atoms with Crippen LogP contribution in [0.15, 0.2) is 60.7 Å². The average Bonchev–Trinajstić information content (AvgIpc) is 3.69. The molecule has 0 unspecified atom stereocenters. The topological polar surface area (TPSA) is 262 Å². The van der Waals surface area contributed by atoms with Crippen LogP contribution in [0.5, 0.6) is 0 Å². The number of nitrogens with zero attached hydrogens (tertiary/aromatic N) is 2. The molecule has 3 rings (SSSR count). The Kier molecular flexibility index (Phi) is 21.1. The van der Waals surface area contributed by atoms with Crippen LogP contribution in [0.3, 0.4) is 0 Å². The summed E-state index contributed by atoms with van der Waals surface area (Å²) >= 11 is 5.66. The van der Waals surface area contributed by atoms with E-state index in [0.29, 0.717) is 19.5 Å². The number of esters is 1. The van der Waals surface area contributed by atoms with E-state index in [2.05, 4.69) is 26.7 Å². The lowest BCUT2D eigenvalue weighted by Gasteiger charge is -2.33. The van der Waals surface area contributed by atoms with Gasteiger partial charge in [0.05, 0.1) is 25.6 Å². The smallest absolute Gasteiger partial charge is 0.330 e. The standard InChI is InChI=1S/C44H61N7O12S/c1-7-19-51(44(64)45-23-29-15-11-9-12-16-29)49-40(58)34-20-31(62-25-30-17-13-10-14-18-30)24-50(34)42(60)37(26(3)4)48-41(59)38(27(5)8-2)63-43(61)33(22-36(55)56)47-39(57)32(21-35(53)54)46-28(6)52/h9-18,26-27,31-34,37-38H,7-8,19-25H2,1-6H3,(H,45,64)(H,46,52)(H,47,57)(H,48,59)(H,49,58)(H,53,54)(H,55,56)/t27-,31-,32+,33-,34-,37+,38+/m1/s1. The molecule has 0 saturated carbocycles. The summed E-state index contributed by atoms with van der Waals surface area (Å²) in [6, 6.07) is 13.1. The SMILES string of the molecule is CCCN(NC(=O)[C@H]1C[C@@H](OCc2ccccc2)CN1C(=O)[C@@H](NC(=O)[C@@H](OC(=O)[C@@H](CC(=O)O)NC(=O)[C@H](CC(=O)O)NC(C)=O)[C@H](C)CC)C(C)C)C(=S)NCc1ccccc1. The molecule has 1 heterocycles. The molecule has 2 aromatic carbocycles. The van der Waals surface area contributed by atoms with Crippen LogP contribution < -0.4 is 26.7 Å². The highest BCUT2D eigenvalue weighted by Crippen LogP contribution is 2.25. The molecule has 0 radical (unpaired) electrons. The third-order valence-electron chi connectivity index (χ3n) is 10.3. The Balaban J connectivity index is 1.87. The first-order valence-corrected chi connectivity index (χ1v) is 21.6. The minimum atomic E-state index is -1.90. The summed E-state index contributed by atoms with van der Waals surface area (Å²) < 4.78 is 11.8. The molecule has 350 valence electrons. The number of nitrogens with one attached hydrogen (secondary N) is 5. The third-order valence-corrected chi connectivity index (χ3v) is 10.7. The first-order chi connectivity index (χ1) is 30.3.